The van der Waals surface area contributed by atoms with E-state index in [4.69, 9.17) is 34.8 Å². The van der Waals surface area contributed by atoms with E-state index in [1.165, 1.54) is 25.9 Å². The number of hydrogen-bond acceptors (Lipinski definition) is 3. The minimum atomic E-state index is 0.275. The molecule has 0 aromatic carbocycles. The molecular formula is C12H16Cl3N3. The van der Waals surface area contributed by atoms with Crippen LogP contribution in [0.1, 0.15) is 19.8 Å². The van der Waals surface area contributed by atoms with Crippen molar-refractivity contribution in [1.82, 2.24) is 9.88 Å². The molecule has 6 heteroatoms. The number of rotatable bonds is 4. The van der Waals surface area contributed by atoms with Crippen LogP contribution in [0, 0.1) is 0 Å². The molecule has 1 aliphatic heterocycles. The van der Waals surface area contributed by atoms with E-state index in [9.17, 15) is 0 Å². The van der Waals surface area contributed by atoms with Gasteiger partial charge >= 0.3 is 0 Å². The van der Waals surface area contributed by atoms with Gasteiger partial charge in [-0.25, -0.2) is 4.98 Å². The molecule has 1 atom stereocenters. The van der Waals surface area contributed by atoms with Crippen molar-refractivity contribution in [3.8, 4) is 0 Å². The first-order valence-electron chi connectivity index (χ1n) is 6.07. The molecule has 2 rings (SSSR count). The molecule has 100 valence electrons. The molecule has 1 saturated heterocycles. The topological polar surface area (TPSA) is 28.2 Å². The number of nitrogens with one attached hydrogen (secondary N) is 1. The summed E-state index contributed by atoms with van der Waals surface area (Å²) in [6, 6.07) is 2.07. The smallest absolute Gasteiger partial charge is 0.150 e. The molecule has 2 heterocycles. The van der Waals surface area contributed by atoms with Gasteiger partial charge in [0, 0.05) is 12.6 Å². The Morgan fingerprint density at radius 2 is 1.94 bits per heavy atom. The predicted octanol–water partition coefficient (Wildman–Crippen LogP) is 3.94. The van der Waals surface area contributed by atoms with Crippen LogP contribution in [0.4, 0.5) is 5.82 Å². The molecule has 1 aromatic heterocycles. The summed E-state index contributed by atoms with van der Waals surface area (Å²) in [5, 5.41) is 4.38. The summed E-state index contributed by atoms with van der Waals surface area (Å²) < 4.78 is 0. The van der Waals surface area contributed by atoms with E-state index in [2.05, 4.69) is 22.1 Å². The van der Waals surface area contributed by atoms with E-state index < -0.39 is 0 Å². The second-order valence-electron chi connectivity index (χ2n) is 4.56. The second kappa shape index (κ2) is 6.29. The summed E-state index contributed by atoms with van der Waals surface area (Å²) in [7, 11) is 0. The van der Waals surface area contributed by atoms with E-state index in [1.54, 1.807) is 6.07 Å². The molecule has 0 spiro atoms. The van der Waals surface area contributed by atoms with Gasteiger partial charge in [-0.1, -0.05) is 34.8 Å². The molecule has 0 aliphatic carbocycles. The van der Waals surface area contributed by atoms with Crippen LogP contribution in [0.5, 0.6) is 0 Å². The van der Waals surface area contributed by atoms with Crippen LogP contribution < -0.4 is 5.32 Å². The first-order chi connectivity index (χ1) is 8.58. The Morgan fingerprint density at radius 3 is 2.61 bits per heavy atom. The normalized spacial score (nSPS) is 18.0. The van der Waals surface area contributed by atoms with Crippen molar-refractivity contribution >= 4 is 40.6 Å². The largest absolute Gasteiger partial charge is 0.367 e. The molecule has 1 fully saturated rings. The van der Waals surface area contributed by atoms with Gasteiger partial charge < -0.3 is 5.32 Å². The van der Waals surface area contributed by atoms with Crippen LogP contribution in [0.3, 0.4) is 0 Å². The summed E-state index contributed by atoms with van der Waals surface area (Å²) in [6.07, 6.45) is 2.58. The van der Waals surface area contributed by atoms with Gasteiger partial charge in [0.2, 0.25) is 0 Å². The highest BCUT2D eigenvalue weighted by molar-refractivity contribution is 6.42. The number of likely N-dealkylation sites (tertiary alicyclic amines) is 1. The van der Waals surface area contributed by atoms with Gasteiger partial charge in [-0.2, -0.15) is 0 Å². The fraction of sp³-hybridized carbons (Fsp3) is 0.583. The molecule has 1 N–H and O–H groups in total. The lowest BCUT2D eigenvalue weighted by Gasteiger charge is -2.24. The van der Waals surface area contributed by atoms with E-state index in [1.807, 2.05) is 0 Å². The first kappa shape index (κ1) is 14.2. The summed E-state index contributed by atoms with van der Waals surface area (Å²) in [6.45, 7) is 5.34. The van der Waals surface area contributed by atoms with Gasteiger partial charge in [-0.05, 0) is 38.9 Å². The van der Waals surface area contributed by atoms with Gasteiger partial charge in [-0.3, -0.25) is 4.90 Å². The average molecular weight is 309 g/mol. The third-order valence-electron chi connectivity index (χ3n) is 3.22. The van der Waals surface area contributed by atoms with Crippen molar-refractivity contribution in [3.05, 3.63) is 21.3 Å². The molecular weight excluding hydrogens is 293 g/mol. The maximum Gasteiger partial charge on any atom is 0.150 e. The summed E-state index contributed by atoms with van der Waals surface area (Å²) in [4.78, 5) is 6.60. The minimum absolute atomic E-state index is 0.275. The van der Waals surface area contributed by atoms with Crippen molar-refractivity contribution in [1.29, 1.82) is 0 Å². The summed E-state index contributed by atoms with van der Waals surface area (Å²) in [5.41, 5.74) is 0. The monoisotopic (exact) mass is 307 g/mol. The maximum atomic E-state index is 6.06. The Labute approximate surface area is 122 Å². The lowest BCUT2D eigenvalue weighted by Crippen LogP contribution is -2.35. The molecule has 1 aliphatic rings. The van der Waals surface area contributed by atoms with Crippen LogP contribution in [0.2, 0.25) is 15.2 Å². The summed E-state index contributed by atoms with van der Waals surface area (Å²) in [5.74, 6) is 0.595. The van der Waals surface area contributed by atoms with E-state index in [-0.39, 0.29) is 5.15 Å². The number of anilines is 1. The highest BCUT2D eigenvalue weighted by atomic mass is 35.5. The average Bonchev–Trinajstić information content (AvgIpc) is 2.85. The fourth-order valence-corrected chi connectivity index (χ4v) is 2.69. The number of hydrogen-bond donors (Lipinski definition) is 1. The molecule has 0 radical (unpaired) electrons. The zero-order chi connectivity index (χ0) is 13.1. The van der Waals surface area contributed by atoms with Crippen LogP contribution >= 0.6 is 34.8 Å². The Morgan fingerprint density at radius 1 is 1.28 bits per heavy atom. The molecule has 0 saturated carbocycles. The SMILES string of the molecule is CC(CNc1nc(Cl)c(Cl)cc1Cl)N1CCCC1. The van der Waals surface area contributed by atoms with Gasteiger partial charge in [0.1, 0.15) is 11.0 Å². The number of halogens is 3. The third kappa shape index (κ3) is 3.41. The standard InChI is InChI=1S/C12H16Cl3N3/c1-8(18-4-2-3-5-18)7-16-12-10(14)6-9(13)11(15)17-12/h6,8H,2-5,7H2,1H3,(H,16,17). The fourth-order valence-electron chi connectivity index (χ4n) is 2.12. The Balaban J connectivity index is 1.95. The number of aromatic nitrogens is 1. The number of pyridine rings is 1. The van der Waals surface area contributed by atoms with Crippen molar-refractivity contribution in [3.63, 3.8) is 0 Å². The summed E-state index contributed by atoms with van der Waals surface area (Å²) >= 11 is 17.8. The van der Waals surface area contributed by atoms with Crippen molar-refractivity contribution in [2.45, 2.75) is 25.8 Å². The van der Waals surface area contributed by atoms with E-state index in [0.717, 1.165) is 6.54 Å². The van der Waals surface area contributed by atoms with Crippen LogP contribution in [-0.2, 0) is 0 Å². The van der Waals surface area contributed by atoms with E-state index in [0.29, 0.717) is 21.9 Å². The molecule has 18 heavy (non-hydrogen) atoms. The zero-order valence-corrected chi connectivity index (χ0v) is 12.5. The lowest BCUT2D eigenvalue weighted by molar-refractivity contribution is 0.269. The zero-order valence-electron chi connectivity index (χ0n) is 10.2. The van der Waals surface area contributed by atoms with Gasteiger partial charge in [0.15, 0.2) is 0 Å². The van der Waals surface area contributed by atoms with E-state index >= 15 is 0 Å². The molecule has 0 amide bonds. The maximum absolute atomic E-state index is 6.06. The quantitative estimate of drug-likeness (QED) is 0.854. The number of nitrogens with zero attached hydrogens (tertiary/aromatic N) is 2. The first-order valence-corrected chi connectivity index (χ1v) is 7.21. The molecule has 1 aromatic rings. The second-order valence-corrected chi connectivity index (χ2v) is 5.74. The third-order valence-corrected chi connectivity index (χ3v) is 4.18. The van der Waals surface area contributed by atoms with Crippen LogP contribution in [0.15, 0.2) is 6.07 Å². The van der Waals surface area contributed by atoms with Gasteiger partial charge in [0.05, 0.1) is 10.0 Å². The molecule has 0 bridgehead atoms. The Kier molecular flexibility index (Phi) is 4.96. The molecule has 1 unspecified atom stereocenters. The van der Waals surface area contributed by atoms with Crippen molar-refractivity contribution < 1.29 is 0 Å². The van der Waals surface area contributed by atoms with Gasteiger partial charge in [-0.15, -0.1) is 0 Å². The lowest BCUT2D eigenvalue weighted by atomic mass is 10.3. The van der Waals surface area contributed by atoms with Crippen molar-refractivity contribution in [2.24, 2.45) is 0 Å². The molecule has 3 nitrogen and oxygen atoms in total. The Bertz CT molecular complexity index is 419. The van der Waals surface area contributed by atoms with Crippen LogP contribution in [0.25, 0.3) is 0 Å². The highest BCUT2D eigenvalue weighted by Gasteiger charge is 2.18. The van der Waals surface area contributed by atoms with Crippen molar-refractivity contribution in [2.75, 3.05) is 25.0 Å². The highest BCUT2D eigenvalue weighted by Crippen LogP contribution is 2.28. The van der Waals surface area contributed by atoms with Crippen LogP contribution in [-0.4, -0.2) is 35.6 Å². The Hall–Kier alpha value is -0.220. The minimum Gasteiger partial charge on any atom is -0.367 e. The predicted molar refractivity (Wildman–Crippen MR) is 78.0 cm³/mol. The van der Waals surface area contributed by atoms with Gasteiger partial charge in [0.25, 0.3) is 0 Å².